The summed E-state index contributed by atoms with van der Waals surface area (Å²) < 4.78 is 9.23. The maximum absolute atomic E-state index is 3.18. The molecule has 2 heteroatoms. The van der Waals surface area contributed by atoms with E-state index in [0.717, 1.165) is 0 Å². The first-order chi connectivity index (χ1) is 11.0. The molecule has 0 nitrogen and oxygen atoms in total. The van der Waals surface area contributed by atoms with Crippen LogP contribution in [0.15, 0.2) is 42.0 Å². The molecule has 134 valence electrons. The van der Waals surface area contributed by atoms with Crippen molar-refractivity contribution in [1.29, 1.82) is 0 Å². The monoisotopic (exact) mass is 420 g/mol. The number of rotatable bonds is 6. The van der Waals surface area contributed by atoms with Gasteiger partial charge in [-0.15, -0.1) is 0 Å². The van der Waals surface area contributed by atoms with Crippen LogP contribution in [0.5, 0.6) is 0 Å². The minimum absolute atomic E-state index is 0.664. The van der Waals surface area contributed by atoms with E-state index in [4.69, 9.17) is 0 Å². The number of hydrogen-bond acceptors (Lipinski definition) is 0. The van der Waals surface area contributed by atoms with E-state index in [-0.39, 0.29) is 0 Å². The molecule has 24 heavy (non-hydrogen) atoms. The molecule has 0 aliphatic heterocycles. The fourth-order valence-corrected chi connectivity index (χ4v) is 25.1. The molecule has 2 aliphatic carbocycles. The molecule has 2 rings (SSSR count). The third kappa shape index (κ3) is 3.35. The Morgan fingerprint density at radius 3 is 1.42 bits per heavy atom. The molecule has 0 spiro atoms. The Morgan fingerprint density at radius 1 is 0.833 bits per heavy atom. The van der Waals surface area contributed by atoms with Crippen LogP contribution >= 0.6 is 0 Å². The van der Waals surface area contributed by atoms with Crippen molar-refractivity contribution in [2.24, 2.45) is 23.7 Å². The van der Waals surface area contributed by atoms with Gasteiger partial charge in [-0.25, -0.2) is 0 Å². The van der Waals surface area contributed by atoms with Gasteiger partial charge >= 0.3 is 154 Å². The SMILES string of the molecule is CCC1=[C]([Zr]([CH3])([CH3])(=[SiH2])[C]2=C(CC)C=CC2C(C)C)C(C(C)C)C=C1. The first-order valence-electron chi connectivity index (χ1n) is 9.94. The maximum atomic E-state index is 2.72. The van der Waals surface area contributed by atoms with Crippen LogP contribution in [0.4, 0.5) is 0 Å². The summed E-state index contributed by atoms with van der Waals surface area (Å²) in [7, 11) is 0. The van der Waals surface area contributed by atoms with Gasteiger partial charge in [0.05, 0.1) is 0 Å². The topological polar surface area (TPSA) is 0 Å². The molecule has 0 aromatic carbocycles. The first kappa shape index (κ1) is 20.4. The van der Waals surface area contributed by atoms with Crippen LogP contribution < -0.4 is 0 Å². The molecule has 0 radical (unpaired) electrons. The molecule has 2 atom stereocenters. The van der Waals surface area contributed by atoms with Crippen LogP contribution in [-0.4, -0.2) is 6.88 Å². The summed E-state index contributed by atoms with van der Waals surface area (Å²) in [4.78, 5) is 0. The summed E-state index contributed by atoms with van der Waals surface area (Å²) >= 11 is -3.18. The molecule has 0 amide bonds. The molecule has 2 unspecified atom stereocenters. The zero-order valence-electron chi connectivity index (χ0n) is 17.2. The van der Waals surface area contributed by atoms with Crippen molar-refractivity contribution in [3.8, 4) is 0 Å². The molecule has 0 saturated heterocycles. The van der Waals surface area contributed by atoms with Gasteiger partial charge in [0.15, 0.2) is 0 Å². The van der Waals surface area contributed by atoms with Gasteiger partial charge in [-0.1, -0.05) is 0 Å². The summed E-state index contributed by atoms with van der Waals surface area (Å²) in [5.74, 6) is 2.74. The van der Waals surface area contributed by atoms with Crippen molar-refractivity contribution in [1.82, 2.24) is 0 Å². The van der Waals surface area contributed by atoms with Gasteiger partial charge in [-0.3, -0.25) is 0 Å². The van der Waals surface area contributed by atoms with E-state index in [0.29, 0.717) is 23.7 Å². The van der Waals surface area contributed by atoms with E-state index in [1.165, 1.54) is 12.8 Å². The minimum atomic E-state index is -3.18. The summed E-state index contributed by atoms with van der Waals surface area (Å²) in [6.07, 6.45) is 12.3. The normalized spacial score (nSPS) is 25.1. The van der Waals surface area contributed by atoms with Crippen LogP contribution in [-0.2, 0) is 17.4 Å². The Balaban J connectivity index is 2.72. The quantitative estimate of drug-likeness (QED) is 0.439. The van der Waals surface area contributed by atoms with Crippen molar-refractivity contribution in [2.45, 2.75) is 63.6 Å². The number of hydrogen-bond donors (Lipinski definition) is 0. The third-order valence-electron chi connectivity index (χ3n) is 6.29. The van der Waals surface area contributed by atoms with Gasteiger partial charge < -0.3 is 0 Å². The molecule has 0 heterocycles. The zero-order chi connectivity index (χ0) is 18.3. The van der Waals surface area contributed by atoms with Crippen molar-refractivity contribution in [2.75, 3.05) is 0 Å². The van der Waals surface area contributed by atoms with Gasteiger partial charge in [0.25, 0.3) is 0 Å². The third-order valence-corrected chi connectivity index (χ3v) is 22.5. The molecule has 0 aromatic heterocycles. The second-order valence-electron chi connectivity index (χ2n) is 9.53. The fourth-order valence-electron chi connectivity index (χ4n) is 5.21. The van der Waals surface area contributed by atoms with Crippen molar-refractivity contribution >= 4 is 6.88 Å². The van der Waals surface area contributed by atoms with Crippen molar-refractivity contribution in [3.05, 3.63) is 42.0 Å². The Kier molecular flexibility index (Phi) is 5.94. The summed E-state index contributed by atoms with van der Waals surface area (Å²) in [5.41, 5.74) is 3.33. The molecule has 0 bridgehead atoms. The summed E-state index contributed by atoms with van der Waals surface area (Å²) in [5, 5.41) is 0. The molecular formula is C22H38SiZr. The Morgan fingerprint density at radius 2 is 1.17 bits per heavy atom. The van der Waals surface area contributed by atoms with Gasteiger partial charge in [0.1, 0.15) is 0 Å². The standard InChI is InChI=1S/2C10H15.2CH3.H2Si.Zr/c2*1-4-9-5-6-10(7-9)8(2)3;;;;/h2*5-6,8,10H,4H2,1-3H3;2*1H3;1H2;. The van der Waals surface area contributed by atoms with Crippen LogP contribution in [0.3, 0.4) is 0 Å². The molecule has 0 N–H and O–H groups in total. The molecule has 2 aliphatic rings. The zero-order valence-corrected chi connectivity index (χ0v) is 21.1. The summed E-state index contributed by atoms with van der Waals surface area (Å²) in [6, 6.07) is 0. The predicted octanol–water partition coefficient (Wildman–Crippen LogP) is 6.33. The van der Waals surface area contributed by atoms with Crippen molar-refractivity contribution < 1.29 is 17.4 Å². The first-order valence-corrected chi connectivity index (χ1v) is 23.2. The summed E-state index contributed by atoms with van der Waals surface area (Å²) in [6.45, 7) is 16.8. The van der Waals surface area contributed by atoms with Crippen LogP contribution in [0.2, 0.25) is 9.26 Å². The van der Waals surface area contributed by atoms with Crippen LogP contribution in [0, 0.1) is 23.7 Å². The molecule has 0 aromatic rings. The van der Waals surface area contributed by atoms with Gasteiger partial charge in [0.2, 0.25) is 0 Å². The van der Waals surface area contributed by atoms with Gasteiger partial charge in [-0.05, 0) is 0 Å². The number of allylic oxidation sites excluding steroid dienone is 8. The molecule has 0 fully saturated rings. The van der Waals surface area contributed by atoms with Gasteiger partial charge in [0, 0.05) is 0 Å². The Bertz CT molecular complexity index is 637. The average molecular weight is 422 g/mol. The molecular weight excluding hydrogens is 384 g/mol. The van der Waals surface area contributed by atoms with Crippen LogP contribution in [0.25, 0.3) is 0 Å². The van der Waals surface area contributed by atoms with E-state index < -0.39 is 17.4 Å². The second-order valence-corrected chi connectivity index (χ2v) is 37.9. The van der Waals surface area contributed by atoms with Crippen molar-refractivity contribution in [3.63, 3.8) is 0 Å². The Hall–Kier alpha value is 0.0600. The van der Waals surface area contributed by atoms with E-state index in [2.05, 4.69) is 82.0 Å². The average Bonchev–Trinajstić information content (AvgIpc) is 3.11. The van der Waals surface area contributed by atoms with Gasteiger partial charge in [-0.2, -0.15) is 0 Å². The predicted molar refractivity (Wildman–Crippen MR) is 110 cm³/mol. The van der Waals surface area contributed by atoms with E-state index in [9.17, 15) is 0 Å². The van der Waals surface area contributed by atoms with E-state index in [1.54, 1.807) is 11.1 Å². The second kappa shape index (κ2) is 6.99. The van der Waals surface area contributed by atoms with Crippen LogP contribution in [0.1, 0.15) is 54.4 Å². The Labute approximate surface area is 153 Å². The van der Waals surface area contributed by atoms with E-state index >= 15 is 0 Å². The fraction of sp³-hybridized carbons (Fsp3) is 0.636. The molecule has 0 saturated carbocycles. The van der Waals surface area contributed by atoms with E-state index in [1.807, 2.05) is 6.56 Å².